The number of benzene rings is 1. The lowest BCUT2D eigenvalue weighted by molar-refractivity contribution is 0.617. The fourth-order valence-corrected chi connectivity index (χ4v) is 2.01. The zero-order valence-corrected chi connectivity index (χ0v) is 10.4. The Morgan fingerprint density at radius 2 is 2.00 bits per heavy atom. The maximum absolute atomic E-state index is 13.0. The zero-order valence-electron chi connectivity index (χ0n) is 7.19. The van der Waals surface area contributed by atoms with Crippen molar-refractivity contribution in [2.24, 2.45) is 0 Å². The van der Waals surface area contributed by atoms with E-state index in [0.717, 1.165) is 30.2 Å². The Morgan fingerprint density at radius 3 is 2.69 bits per heavy atom. The first-order chi connectivity index (χ1) is 6.25. The number of hydrogen-bond donors (Lipinski definition) is 0. The minimum Gasteiger partial charge on any atom is -0.206 e. The minimum atomic E-state index is -0.170. The molecule has 0 nitrogen and oxygen atoms in total. The van der Waals surface area contributed by atoms with Crippen LogP contribution >= 0.6 is 31.9 Å². The molecule has 0 heterocycles. The highest BCUT2D eigenvalue weighted by molar-refractivity contribution is 9.10. The van der Waals surface area contributed by atoms with E-state index in [-0.39, 0.29) is 5.82 Å². The van der Waals surface area contributed by atoms with Crippen molar-refractivity contribution in [2.45, 2.75) is 19.3 Å². The molecule has 0 aliphatic carbocycles. The maximum Gasteiger partial charge on any atom is 0.137 e. The van der Waals surface area contributed by atoms with Crippen LogP contribution in [0.25, 0.3) is 0 Å². The van der Waals surface area contributed by atoms with Crippen molar-refractivity contribution in [3.8, 4) is 0 Å². The highest BCUT2D eigenvalue weighted by Gasteiger charge is 2.03. The summed E-state index contributed by atoms with van der Waals surface area (Å²) in [7, 11) is 0. The van der Waals surface area contributed by atoms with Crippen molar-refractivity contribution in [1.29, 1.82) is 0 Å². The summed E-state index contributed by atoms with van der Waals surface area (Å²) < 4.78 is 13.6. The van der Waals surface area contributed by atoms with E-state index in [1.54, 1.807) is 6.07 Å². The van der Waals surface area contributed by atoms with E-state index >= 15 is 0 Å². The van der Waals surface area contributed by atoms with Crippen LogP contribution in [0.1, 0.15) is 18.4 Å². The van der Waals surface area contributed by atoms with Crippen molar-refractivity contribution < 1.29 is 4.39 Å². The first kappa shape index (κ1) is 11.2. The Kier molecular flexibility index (Phi) is 4.96. The smallest absolute Gasteiger partial charge is 0.137 e. The SMILES string of the molecule is Fc1cccc(CCCCBr)c1Br. The van der Waals surface area contributed by atoms with Gasteiger partial charge in [-0.05, 0) is 46.8 Å². The van der Waals surface area contributed by atoms with Crippen LogP contribution in [0, 0.1) is 5.82 Å². The van der Waals surface area contributed by atoms with E-state index in [1.165, 1.54) is 6.07 Å². The summed E-state index contributed by atoms with van der Waals surface area (Å²) in [6.45, 7) is 0. The molecule has 0 bridgehead atoms. The van der Waals surface area contributed by atoms with Gasteiger partial charge in [0.25, 0.3) is 0 Å². The molecule has 0 aromatic heterocycles. The number of aryl methyl sites for hydroxylation is 1. The van der Waals surface area contributed by atoms with Crippen molar-refractivity contribution in [3.05, 3.63) is 34.1 Å². The fraction of sp³-hybridized carbons (Fsp3) is 0.400. The van der Waals surface area contributed by atoms with Crippen molar-refractivity contribution in [2.75, 3.05) is 5.33 Å². The monoisotopic (exact) mass is 308 g/mol. The minimum absolute atomic E-state index is 0.170. The molecule has 72 valence electrons. The van der Waals surface area contributed by atoms with Gasteiger partial charge >= 0.3 is 0 Å². The van der Waals surface area contributed by atoms with Gasteiger partial charge in [-0.2, -0.15) is 0 Å². The summed E-state index contributed by atoms with van der Waals surface area (Å²) in [4.78, 5) is 0. The molecular weight excluding hydrogens is 299 g/mol. The fourth-order valence-electron chi connectivity index (χ4n) is 1.15. The van der Waals surface area contributed by atoms with E-state index in [2.05, 4.69) is 31.9 Å². The van der Waals surface area contributed by atoms with E-state index in [0.29, 0.717) is 4.47 Å². The lowest BCUT2D eigenvalue weighted by atomic mass is 10.1. The number of halogens is 3. The van der Waals surface area contributed by atoms with Gasteiger partial charge in [-0.3, -0.25) is 0 Å². The molecule has 0 aliphatic rings. The van der Waals surface area contributed by atoms with E-state index in [9.17, 15) is 4.39 Å². The normalized spacial score (nSPS) is 10.4. The third-order valence-corrected chi connectivity index (χ3v) is 3.31. The topological polar surface area (TPSA) is 0 Å². The lowest BCUT2D eigenvalue weighted by Crippen LogP contribution is -1.90. The highest BCUT2D eigenvalue weighted by atomic mass is 79.9. The number of rotatable bonds is 4. The molecule has 0 radical (unpaired) electrons. The summed E-state index contributed by atoms with van der Waals surface area (Å²) in [5.41, 5.74) is 1.06. The predicted octanol–water partition coefficient (Wildman–Crippen LogP) is 4.31. The molecule has 1 aromatic rings. The first-order valence-corrected chi connectivity index (χ1v) is 6.16. The number of alkyl halides is 1. The van der Waals surface area contributed by atoms with Crippen LogP contribution in [0.2, 0.25) is 0 Å². The molecule has 1 aromatic carbocycles. The van der Waals surface area contributed by atoms with Gasteiger partial charge in [-0.15, -0.1) is 0 Å². The molecule has 0 atom stereocenters. The molecule has 0 aliphatic heterocycles. The second-order valence-electron chi connectivity index (χ2n) is 2.86. The summed E-state index contributed by atoms with van der Waals surface area (Å²) in [5, 5.41) is 1.01. The van der Waals surface area contributed by atoms with Gasteiger partial charge in [0.2, 0.25) is 0 Å². The van der Waals surface area contributed by atoms with Crippen molar-refractivity contribution in [3.63, 3.8) is 0 Å². The Bertz CT molecular complexity index is 274. The van der Waals surface area contributed by atoms with Crippen molar-refractivity contribution in [1.82, 2.24) is 0 Å². The molecule has 0 saturated carbocycles. The second kappa shape index (κ2) is 5.76. The van der Waals surface area contributed by atoms with Gasteiger partial charge in [-0.25, -0.2) is 4.39 Å². The molecule has 0 N–H and O–H groups in total. The standard InChI is InChI=1S/C10H11Br2F/c11-7-2-1-4-8-5-3-6-9(13)10(8)12/h3,5-6H,1-2,4,7H2. The van der Waals surface area contributed by atoms with Crippen LogP contribution in [0.5, 0.6) is 0 Å². The van der Waals surface area contributed by atoms with Crippen LogP contribution < -0.4 is 0 Å². The zero-order chi connectivity index (χ0) is 9.68. The van der Waals surface area contributed by atoms with E-state index in [4.69, 9.17) is 0 Å². The average molecular weight is 310 g/mol. The number of hydrogen-bond acceptors (Lipinski definition) is 0. The Morgan fingerprint density at radius 1 is 1.23 bits per heavy atom. The highest BCUT2D eigenvalue weighted by Crippen LogP contribution is 2.21. The summed E-state index contributed by atoms with van der Waals surface area (Å²) in [6, 6.07) is 5.18. The molecular formula is C10H11Br2F. The van der Waals surface area contributed by atoms with Gasteiger partial charge < -0.3 is 0 Å². The molecule has 3 heteroatoms. The summed E-state index contributed by atoms with van der Waals surface area (Å²) in [6.07, 6.45) is 3.15. The predicted molar refractivity (Wildman–Crippen MR) is 60.8 cm³/mol. The molecule has 0 fully saturated rings. The first-order valence-electron chi connectivity index (χ1n) is 4.24. The van der Waals surface area contributed by atoms with Gasteiger partial charge in [0.05, 0.1) is 4.47 Å². The largest absolute Gasteiger partial charge is 0.206 e. The maximum atomic E-state index is 13.0. The van der Waals surface area contributed by atoms with Gasteiger partial charge in [0, 0.05) is 5.33 Å². The number of unbranched alkanes of at least 4 members (excludes halogenated alkanes) is 1. The summed E-state index contributed by atoms with van der Waals surface area (Å²) >= 11 is 6.62. The van der Waals surface area contributed by atoms with Crippen molar-refractivity contribution >= 4 is 31.9 Å². The van der Waals surface area contributed by atoms with E-state index < -0.39 is 0 Å². The van der Waals surface area contributed by atoms with Gasteiger partial charge in [-0.1, -0.05) is 28.1 Å². The molecule has 0 saturated heterocycles. The third kappa shape index (κ3) is 3.39. The van der Waals surface area contributed by atoms with Gasteiger partial charge in [0.1, 0.15) is 5.82 Å². The van der Waals surface area contributed by atoms with Crippen LogP contribution in [-0.2, 0) is 6.42 Å². The van der Waals surface area contributed by atoms with E-state index in [1.807, 2.05) is 6.07 Å². The lowest BCUT2D eigenvalue weighted by Gasteiger charge is -2.03. The molecule has 0 amide bonds. The quantitative estimate of drug-likeness (QED) is 0.574. The average Bonchev–Trinajstić information content (AvgIpc) is 2.13. The Hall–Kier alpha value is 0.110. The Balaban J connectivity index is 2.61. The Labute approximate surface area is 94.8 Å². The van der Waals surface area contributed by atoms with Crippen LogP contribution in [0.15, 0.2) is 22.7 Å². The second-order valence-corrected chi connectivity index (χ2v) is 4.45. The summed E-state index contributed by atoms with van der Waals surface area (Å²) in [5.74, 6) is -0.170. The molecule has 0 spiro atoms. The van der Waals surface area contributed by atoms with Gasteiger partial charge in [0.15, 0.2) is 0 Å². The third-order valence-electron chi connectivity index (χ3n) is 1.86. The molecule has 1 rings (SSSR count). The van der Waals surface area contributed by atoms with Crippen LogP contribution in [0.3, 0.4) is 0 Å². The molecule has 13 heavy (non-hydrogen) atoms. The van der Waals surface area contributed by atoms with Crippen LogP contribution in [0.4, 0.5) is 4.39 Å². The van der Waals surface area contributed by atoms with Crippen LogP contribution in [-0.4, -0.2) is 5.33 Å². The molecule has 0 unspecified atom stereocenters.